The number of nitrogens with one attached hydrogen (secondary N) is 1. The number of nitrogens with two attached hydrogens (primary N) is 1. The van der Waals surface area contributed by atoms with Crippen LogP contribution in [0.25, 0.3) is 0 Å². The third-order valence-electron chi connectivity index (χ3n) is 3.02. The van der Waals surface area contributed by atoms with Crippen molar-refractivity contribution in [3.63, 3.8) is 0 Å². The molecule has 0 aliphatic carbocycles. The third kappa shape index (κ3) is 8.42. The van der Waals surface area contributed by atoms with E-state index in [2.05, 4.69) is 10.3 Å². The number of amides is 1. The lowest BCUT2D eigenvalue weighted by molar-refractivity contribution is -0.157. The number of hydrogen-bond donors (Lipinski definition) is 2. The van der Waals surface area contributed by atoms with Crippen molar-refractivity contribution in [2.75, 3.05) is 5.73 Å². The molecule has 0 saturated heterocycles. The Labute approximate surface area is 149 Å². The highest BCUT2D eigenvalue weighted by Gasteiger charge is 2.28. The van der Waals surface area contributed by atoms with E-state index in [-0.39, 0.29) is 0 Å². The summed E-state index contributed by atoms with van der Waals surface area (Å²) in [4.78, 5) is 28.3. The molecule has 3 N–H and O–H groups in total. The van der Waals surface area contributed by atoms with Gasteiger partial charge in [-0.1, -0.05) is 0 Å². The maximum atomic E-state index is 12.4. The van der Waals surface area contributed by atoms with Crippen LogP contribution in [0.2, 0.25) is 0 Å². The second-order valence-corrected chi connectivity index (χ2v) is 7.85. The number of hydrogen-bond acceptors (Lipinski definition) is 6. The van der Waals surface area contributed by atoms with Gasteiger partial charge in [-0.25, -0.2) is 14.6 Å². The molecule has 1 unspecified atom stereocenters. The minimum absolute atomic E-state index is 0.395. The summed E-state index contributed by atoms with van der Waals surface area (Å²) in [6.07, 6.45) is 3.73. The number of carbonyl (C=O) groups is 2. The van der Waals surface area contributed by atoms with Crippen LogP contribution in [0, 0.1) is 0 Å². The summed E-state index contributed by atoms with van der Waals surface area (Å²) >= 11 is 0. The van der Waals surface area contributed by atoms with Gasteiger partial charge in [0.1, 0.15) is 17.2 Å². The maximum absolute atomic E-state index is 12.4. The Morgan fingerprint density at radius 2 is 1.80 bits per heavy atom. The number of aromatic nitrogens is 2. The Balaban J connectivity index is 2.68. The minimum atomic E-state index is -0.793. The highest BCUT2D eigenvalue weighted by atomic mass is 16.6. The molecule has 1 amide bonds. The summed E-state index contributed by atoms with van der Waals surface area (Å²) in [5, 5.41) is 2.60. The van der Waals surface area contributed by atoms with E-state index in [1.165, 1.54) is 0 Å². The van der Waals surface area contributed by atoms with Crippen LogP contribution in [0.3, 0.4) is 0 Å². The molecule has 0 fully saturated rings. The zero-order valence-corrected chi connectivity index (χ0v) is 16.0. The van der Waals surface area contributed by atoms with Gasteiger partial charge in [0.25, 0.3) is 0 Å². The fourth-order valence-electron chi connectivity index (χ4n) is 2.07. The second kappa shape index (κ2) is 8.22. The van der Waals surface area contributed by atoms with Crippen LogP contribution in [0.15, 0.2) is 12.4 Å². The zero-order valence-electron chi connectivity index (χ0n) is 16.0. The van der Waals surface area contributed by atoms with Gasteiger partial charge in [0.15, 0.2) is 5.95 Å². The first-order chi connectivity index (χ1) is 11.4. The molecule has 1 heterocycles. The van der Waals surface area contributed by atoms with Gasteiger partial charge >= 0.3 is 12.1 Å². The molecule has 1 aromatic heterocycles. The van der Waals surface area contributed by atoms with E-state index in [9.17, 15) is 9.59 Å². The number of alkyl carbamates (subject to hydrolysis) is 1. The summed E-state index contributed by atoms with van der Waals surface area (Å²) in [5.41, 5.74) is 4.44. The van der Waals surface area contributed by atoms with Crippen molar-refractivity contribution in [1.82, 2.24) is 14.9 Å². The van der Waals surface area contributed by atoms with Gasteiger partial charge in [-0.2, -0.15) is 0 Å². The van der Waals surface area contributed by atoms with E-state index in [1.807, 2.05) is 0 Å². The van der Waals surface area contributed by atoms with Crippen LogP contribution < -0.4 is 11.1 Å². The molecule has 0 aliphatic heterocycles. The first-order valence-electron chi connectivity index (χ1n) is 8.36. The summed E-state index contributed by atoms with van der Waals surface area (Å²) in [7, 11) is 0. The summed E-state index contributed by atoms with van der Waals surface area (Å²) in [6, 6.07) is -0.793. The number of rotatable bonds is 6. The number of anilines is 1. The van der Waals surface area contributed by atoms with Gasteiger partial charge in [-0.15, -0.1) is 0 Å². The standard InChI is InChI=1S/C17H30N4O4/c1-16(2,3)24-13(22)12(20-15(23)25-17(4,5)6)8-7-10-21-11-9-19-14(21)18/h9,11-12H,7-8,10H2,1-6H3,(H2,18,19)(H,20,23). The second-order valence-electron chi connectivity index (χ2n) is 7.85. The SMILES string of the molecule is CC(C)(C)OC(=O)NC(CCCn1ccnc1N)C(=O)OC(C)(C)C. The monoisotopic (exact) mass is 354 g/mol. The molecule has 0 saturated carbocycles. The van der Waals surface area contributed by atoms with E-state index in [0.29, 0.717) is 25.3 Å². The lowest BCUT2D eigenvalue weighted by atomic mass is 10.1. The van der Waals surface area contributed by atoms with E-state index < -0.39 is 29.3 Å². The molecule has 0 aromatic carbocycles. The van der Waals surface area contributed by atoms with Crippen LogP contribution in [0.4, 0.5) is 10.7 Å². The maximum Gasteiger partial charge on any atom is 0.408 e. The van der Waals surface area contributed by atoms with Gasteiger partial charge in [-0.05, 0) is 54.4 Å². The van der Waals surface area contributed by atoms with Crippen molar-refractivity contribution < 1.29 is 19.1 Å². The van der Waals surface area contributed by atoms with Gasteiger partial charge in [-0.3, -0.25) is 0 Å². The molecule has 1 aromatic rings. The average Bonchev–Trinajstić information content (AvgIpc) is 2.79. The van der Waals surface area contributed by atoms with Crippen molar-refractivity contribution in [2.24, 2.45) is 0 Å². The van der Waals surface area contributed by atoms with E-state index in [4.69, 9.17) is 15.2 Å². The molecule has 0 aliphatic rings. The Morgan fingerprint density at radius 1 is 1.20 bits per heavy atom. The highest BCUT2D eigenvalue weighted by molar-refractivity contribution is 5.81. The summed E-state index contributed by atoms with van der Waals surface area (Å²) in [6.45, 7) is 11.2. The molecule has 0 bridgehead atoms. The first-order valence-corrected chi connectivity index (χ1v) is 8.36. The topological polar surface area (TPSA) is 108 Å². The number of imidazole rings is 1. The Kier molecular flexibility index (Phi) is 6.84. The van der Waals surface area contributed by atoms with Gasteiger partial charge in [0.2, 0.25) is 0 Å². The Hall–Kier alpha value is -2.25. The van der Waals surface area contributed by atoms with E-state index >= 15 is 0 Å². The largest absolute Gasteiger partial charge is 0.458 e. The van der Waals surface area contributed by atoms with Gasteiger partial charge in [0.05, 0.1) is 0 Å². The quantitative estimate of drug-likeness (QED) is 0.760. The highest BCUT2D eigenvalue weighted by Crippen LogP contribution is 2.13. The van der Waals surface area contributed by atoms with Crippen molar-refractivity contribution >= 4 is 18.0 Å². The summed E-state index contributed by atoms with van der Waals surface area (Å²) in [5.74, 6) is -0.0779. The van der Waals surface area contributed by atoms with Crippen molar-refractivity contribution in [3.8, 4) is 0 Å². The van der Waals surface area contributed by atoms with Crippen LogP contribution in [-0.4, -0.2) is 38.9 Å². The lowest BCUT2D eigenvalue weighted by Gasteiger charge is -2.26. The number of carbonyl (C=O) groups excluding carboxylic acids is 2. The van der Waals surface area contributed by atoms with Gasteiger partial charge < -0.3 is 25.1 Å². The van der Waals surface area contributed by atoms with Crippen molar-refractivity contribution in [1.29, 1.82) is 0 Å². The molecular formula is C17H30N4O4. The molecule has 1 rings (SSSR count). The molecule has 142 valence electrons. The predicted octanol–water partition coefficient (Wildman–Crippen LogP) is 2.48. The number of esters is 1. The molecule has 25 heavy (non-hydrogen) atoms. The molecule has 1 atom stereocenters. The Morgan fingerprint density at radius 3 is 2.28 bits per heavy atom. The number of nitrogens with zero attached hydrogens (tertiary/aromatic N) is 2. The fourth-order valence-corrected chi connectivity index (χ4v) is 2.07. The lowest BCUT2D eigenvalue weighted by Crippen LogP contribution is -2.46. The zero-order chi connectivity index (χ0) is 19.3. The number of ether oxygens (including phenoxy) is 2. The van der Waals surface area contributed by atoms with Gasteiger partial charge in [0, 0.05) is 18.9 Å². The first kappa shape index (κ1) is 20.8. The molecule has 8 nitrogen and oxygen atoms in total. The van der Waals surface area contributed by atoms with Crippen LogP contribution >= 0.6 is 0 Å². The fraction of sp³-hybridized carbons (Fsp3) is 0.706. The minimum Gasteiger partial charge on any atom is -0.458 e. The molecule has 8 heteroatoms. The van der Waals surface area contributed by atoms with Crippen molar-refractivity contribution in [3.05, 3.63) is 12.4 Å². The van der Waals surface area contributed by atoms with Crippen LogP contribution in [0.5, 0.6) is 0 Å². The van der Waals surface area contributed by atoms with Crippen molar-refractivity contribution in [2.45, 2.75) is 78.2 Å². The molecule has 0 radical (unpaired) electrons. The summed E-state index contributed by atoms with van der Waals surface area (Å²) < 4.78 is 12.4. The van der Waals surface area contributed by atoms with Crippen LogP contribution in [0.1, 0.15) is 54.4 Å². The number of nitrogen functional groups attached to an aromatic ring is 1. The number of aryl methyl sites for hydroxylation is 1. The molecular weight excluding hydrogens is 324 g/mol. The normalized spacial score (nSPS) is 13.2. The van der Waals surface area contributed by atoms with E-state index in [1.54, 1.807) is 58.5 Å². The third-order valence-corrected chi connectivity index (χ3v) is 3.02. The molecule has 0 spiro atoms. The van der Waals surface area contributed by atoms with Crippen LogP contribution in [-0.2, 0) is 20.8 Å². The smallest absolute Gasteiger partial charge is 0.408 e. The predicted molar refractivity (Wildman–Crippen MR) is 94.9 cm³/mol. The average molecular weight is 354 g/mol. The Bertz CT molecular complexity index is 584. The van der Waals surface area contributed by atoms with E-state index in [0.717, 1.165) is 0 Å².